The van der Waals surface area contributed by atoms with Crippen LogP contribution in [0.25, 0.3) is 0 Å². The van der Waals surface area contributed by atoms with Gasteiger partial charge in [-0.3, -0.25) is 4.84 Å². The van der Waals surface area contributed by atoms with Crippen LogP contribution in [0.4, 0.5) is 0 Å². The van der Waals surface area contributed by atoms with E-state index in [-0.39, 0.29) is 5.60 Å². The van der Waals surface area contributed by atoms with Crippen LogP contribution in [0.5, 0.6) is 0 Å². The largest absolute Gasteiger partial charge is 0.277 e. The van der Waals surface area contributed by atoms with E-state index in [2.05, 4.69) is 5.48 Å². The van der Waals surface area contributed by atoms with Crippen LogP contribution in [0.2, 0.25) is 0 Å². The van der Waals surface area contributed by atoms with E-state index in [1.165, 1.54) is 0 Å². The summed E-state index contributed by atoms with van der Waals surface area (Å²) in [7, 11) is 1.63. The minimum absolute atomic E-state index is 0.116. The van der Waals surface area contributed by atoms with E-state index in [0.29, 0.717) is 0 Å². The molecule has 0 aliphatic carbocycles. The molecule has 0 amide bonds. The molecule has 7 heavy (non-hydrogen) atoms. The molecule has 0 aliphatic heterocycles. The summed E-state index contributed by atoms with van der Waals surface area (Å²) in [6.45, 7) is 5.88. The van der Waals surface area contributed by atoms with Crippen molar-refractivity contribution in [3.63, 3.8) is 0 Å². The molecule has 0 bridgehead atoms. The van der Waals surface area contributed by atoms with Gasteiger partial charge in [-0.15, -0.1) is 5.48 Å². The van der Waals surface area contributed by atoms with Crippen molar-refractivity contribution in [2.75, 3.05) is 7.05 Å². The van der Waals surface area contributed by atoms with E-state index in [4.69, 9.17) is 4.84 Å². The van der Waals surface area contributed by atoms with E-state index in [1.807, 2.05) is 20.8 Å². The number of hydrogen-bond donors (Lipinski definition) is 0. The Morgan fingerprint density at radius 3 is 1.71 bits per heavy atom. The molecule has 0 aromatic carbocycles. The van der Waals surface area contributed by atoms with E-state index in [0.717, 1.165) is 0 Å². The van der Waals surface area contributed by atoms with Gasteiger partial charge >= 0.3 is 0 Å². The lowest BCUT2D eigenvalue weighted by Crippen LogP contribution is -2.22. The molecule has 0 rings (SSSR count). The zero-order chi connectivity index (χ0) is 5.91. The van der Waals surface area contributed by atoms with E-state index < -0.39 is 0 Å². The maximum Gasteiger partial charge on any atom is 0.0833 e. The Balaban J connectivity index is 3.15. The third-order valence-corrected chi connectivity index (χ3v) is 0.365. The highest BCUT2D eigenvalue weighted by molar-refractivity contribution is 4.55. The predicted molar refractivity (Wildman–Crippen MR) is 28.9 cm³/mol. The number of hydrogen-bond acceptors (Lipinski definition) is 1. The molecule has 0 heterocycles. The minimum Gasteiger partial charge on any atom is -0.277 e. The van der Waals surface area contributed by atoms with Crippen LogP contribution < -0.4 is 5.48 Å². The van der Waals surface area contributed by atoms with Crippen molar-refractivity contribution in [1.29, 1.82) is 0 Å². The Labute approximate surface area is 44.8 Å². The van der Waals surface area contributed by atoms with Crippen LogP contribution in [0.1, 0.15) is 20.8 Å². The third kappa shape index (κ3) is 5.92. The lowest BCUT2D eigenvalue weighted by atomic mass is 10.2. The van der Waals surface area contributed by atoms with Gasteiger partial charge in [-0.05, 0) is 20.8 Å². The van der Waals surface area contributed by atoms with Crippen LogP contribution >= 0.6 is 0 Å². The summed E-state index contributed by atoms with van der Waals surface area (Å²) in [6.07, 6.45) is 0. The Morgan fingerprint density at radius 1 is 1.29 bits per heavy atom. The zero-order valence-corrected chi connectivity index (χ0v) is 5.36. The Morgan fingerprint density at radius 2 is 1.71 bits per heavy atom. The van der Waals surface area contributed by atoms with E-state index in [1.54, 1.807) is 7.05 Å². The van der Waals surface area contributed by atoms with Crippen molar-refractivity contribution in [1.82, 2.24) is 5.48 Å². The van der Waals surface area contributed by atoms with Gasteiger partial charge < -0.3 is 0 Å². The quantitative estimate of drug-likeness (QED) is 0.452. The molecule has 43 valence electrons. The molecule has 0 fully saturated rings. The van der Waals surface area contributed by atoms with E-state index >= 15 is 0 Å². The first kappa shape index (κ1) is 6.92. The maximum absolute atomic E-state index is 4.85. The molecule has 0 N–H and O–H groups in total. The summed E-state index contributed by atoms with van der Waals surface area (Å²) in [6, 6.07) is 0. The first-order valence-electron chi connectivity index (χ1n) is 2.33. The summed E-state index contributed by atoms with van der Waals surface area (Å²) in [5.41, 5.74) is 3.39. The Kier molecular flexibility index (Phi) is 2.26. The summed E-state index contributed by atoms with van der Waals surface area (Å²) in [5.74, 6) is 0. The van der Waals surface area contributed by atoms with Gasteiger partial charge in [0.2, 0.25) is 0 Å². The van der Waals surface area contributed by atoms with Crippen molar-refractivity contribution < 1.29 is 4.84 Å². The summed E-state index contributed by atoms with van der Waals surface area (Å²) in [4.78, 5) is 4.85. The normalized spacial score (nSPS) is 12.0. The topological polar surface area (TPSA) is 23.3 Å². The van der Waals surface area contributed by atoms with Crippen LogP contribution in [0.15, 0.2) is 0 Å². The molecule has 0 spiro atoms. The molecule has 0 saturated heterocycles. The second kappa shape index (κ2) is 2.28. The first-order valence-corrected chi connectivity index (χ1v) is 2.33. The second-order valence-electron chi connectivity index (χ2n) is 2.39. The second-order valence-corrected chi connectivity index (χ2v) is 2.39. The molecule has 0 aromatic rings. The van der Waals surface area contributed by atoms with Crippen LogP contribution in [-0.2, 0) is 4.84 Å². The number of hydroxylamine groups is 1. The van der Waals surface area contributed by atoms with Crippen LogP contribution in [-0.4, -0.2) is 12.6 Å². The van der Waals surface area contributed by atoms with Crippen molar-refractivity contribution in [3.8, 4) is 0 Å². The molecule has 0 atom stereocenters. The smallest absolute Gasteiger partial charge is 0.0833 e. The highest BCUT2D eigenvalue weighted by Crippen LogP contribution is 2.02. The average Bonchev–Trinajstić information content (AvgIpc) is 1.30. The van der Waals surface area contributed by atoms with Gasteiger partial charge in [0.15, 0.2) is 0 Å². The van der Waals surface area contributed by atoms with Gasteiger partial charge in [-0.25, -0.2) is 0 Å². The van der Waals surface area contributed by atoms with Crippen molar-refractivity contribution in [2.45, 2.75) is 26.4 Å². The predicted octanol–water partition coefficient (Wildman–Crippen LogP) is 0.951. The number of rotatable bonds is 1. The molecule has 0 aromatic heterocycles. The van der Waals surface area contributed by atoms with Gasteiger partial charge in [0, 0.05) is 7.05 Å². The molecule has 2 heteroatoms. The average molecular weight is 102 g/mol. The molecular weight excluding hydrogens is 90.1 g/mol. The van der Waals surface area contributed by atoms with Gasteiger partial charge in [0.1, 0.15) is 0 Å². The van der Waals surface area contributed by atoms with Crippen molar-refractivity contribution >= 4 is 0 Å². The standard InChI is InChI=1S/C5H12NO/c1-5(2,3)7-6-4/h1-4H3. The van der Waals surface area contributed by atoms with Crippen LogP contribution in [0, 0.1) is 0 Å². The summed E-state index contributed by atoms with van der Waals surface area (Å²) < 4.78 is 0. The fourth-order valence-corrected chi connectivity index (χ4v) is 0.274. The Bertz CT molecular complexity index is 46.5. The monoisotopic (exact) mass is 102 g/mol. The first-order chi connectivity index (χ1) is 3.06. The van der Waals surface area contributed by atoms with Crippen molar-refractivity contribution in [3.05, 3.63) is 0 Å². The Hall–Kier alpha value is -0.0800. The van der Waals surface area contributed by atoms with Gasteiger partial charge in [0.05, 0.1) is 5.60 Å². The van der Waals surface area contributed by atoms with Gasteiger partial charge in [-0.2, -0.15) is 0 Å². The van der Waals surface area contributed by atoms with Crippen LogP contribution in [0.3, 0.4) is 0 Å². The SMILES string of the molecule is C[N]OC(C)(C)C. The highest BCUT2D eigenvalue weighted by Gasteiger charge is 2.08. The fourth-order valence-electron chi connectivity index (χ4n) is 0.274. The third-order valence-electron chi connectivity index (χ3n) is 0.365. The lowest BCUT2D eigenvalue weighted by Gasteiger charge is -2.14. The molecule has 1 radical (unpaired) electrons. The van der Waals surface area contributed by atoms with E-state index in [9.17, 15) is 0 Å². The van der Waals surface area contributed by atoms with Crippen molar-refractivity contribution in [2.24, 2.45) is 0 Å². The zero-order valence-electron chi connectivity index (χ0n) is 5.36. The molecule has 2 nitrogen and oxygen atoms in total. The molecule has 0 unspecified atom stereocenters. The lowest BCUT2D eigenvalue weighted by molar-refractivity contribution is -0.0674. The maximum atomic E-state index is 4.85. The number of nitrogens with zero attached hydrogens (tertiary/aromatic N) is 1. The van der Waals surface area contributed by atoms with Gasteiger partial charge in [0.25, 0.3) is 0 Å². The summed E-state index contributed by atoms with van der Waals surface area (Å²) >= 11 is 0. The summed E-state index contributed by atoms with van der Waals surface area (Å²) in [5, 5.41) is 0. The molecular formula is C5H12NO. The van der Waals surface area contributed by atoms with Gasteiger partial charge in [-0.1, -0.05) is 0 Å². The fraction of sp³-hybridized carbons (Fsp3) is 1.00. The minimum atomic E-state index is -0.116. The highest BCUT2D eigenvalue weighted by atomic mass is 16.7. The molecule has 0 aliphatic rings. The molecule has 0 saturated carbocycles.